The van der Waals surface area contributed by atoms with Gasteiger partial charge in [-0.1, -0.05) is 0 Å². The van der Waals surface area contributed by atoms with E-state index in [0.29, 0.717) is 0 Å². The van der Waals surface area contributed by atoms with E-state index in [9.17, 15) is 0 Å². The molecule has 0 aliphatic rings. The third-order valence-electron chi connectivity index (χ3n) is 0. The molecule has 0 aromatic rings. The molecule has 0 saturated heterocycles. The van der Waals surface area contributed by atoms with E-state index in [1.54, 1.807) is 0 Å². The van der Waals surface area contributed by atoms with E-state index >= 15 is 0 Å². The number of rotatable bonds is 0. The van der Waals surface area contributed by atoms with Gasteiger partial charge in [-0.3, -0.25) is 0 Å². The third-order valence-corrected chi connectivity index (χ3v) is 0. The third kappa shape index (κ3) is 1450. The predicted octanol–water partition coefficient (Wildman–Crippen LogP) is -7.80. The van der Waals surface area contributed by atoms with Crippen LogP contribution < -0.4 is 22.6 Å². The molecular formula is H3Mo3O12PW-6. The molecule has 0 bridgehead atoms. The minimum absolute atomic E-state index is 0. The second-order valence-electron chi connectivity index (χ2n) is 1.22. The first-order chi connectivity index (χ1) is 6.00. The summed E-state index contributed by atoms with van der Waals surface area (Å²) in [5.41, 5.74) is 0. The average Bonchev–Trinajstić information content (AvgIpc) is 1.41. The maximum atomic E-state index is 8.63. The van der Waals surface area contributed by atoms with Crippen molar-refractivity contribution in [1.82, 2.24) is 0 Å². The van der Waals surface area contributed by atoms with Crippen LogP contribution in [0.1, 0.15) is 0 Å². The summed E-state index contributed by atoms with van der Waals surface area (Å²) < 4.78 is 104. The Hall–Kier alpha value is 1.74. The van der Waals surface area contributed by atoms with Crippen LogP contribution in [0.5, 0.6) is 0 Å². The standard InChI is InChI=1S/3Mo.12O.H3P.W/h;;;;;;;;;;;;;;;1H3;/q;;;;;;;;;6*-1;;. The smallest absolute Gasteiger partial charge is 0 e. The van der Waals surface area contributed by atoms with E-state index in [0.717, 1.165) is 0 Å². The van der Waals surface area contributed by atoms with E-state index in [2.05, 4.69) is 0 Å². The fourth-order valence-electron chi connectivity index (χ4n) is 0. The van der Waals surface area contributed by atoms with Gasteiger partial charge >= 0.3 is 93.2 Å². The van der Waals surface area contributed by atoms with Gasteiger partial charge in [-0.2, -0.15) is 9.90 Å². The second kappa shape index (κ2) is 12.8. The van der Waals surface area contributed by atoms with Gasteiger partial charge in [0.1, 0.15) is 0 Å². The molecule has 0 rings (SSSR count). The molecule has 0 fully saturated rings. The van der Waals surface area contributed by atoms with Crippen LogP contribution in [0, 0.1) is 0 Å². The van der Waals surface area contributed by atoms with Gasteiger partial charge in [0, 0.05) is 21.1 Å². The summed E-state index contributed by atoms with van der Waals surface area (Å²) in [7, 11) is 0. The molecule has 1 unspecified atom stereocenters. The normalized spacial score (nSPS) is 10.2. The minimum atomic E-state index is -6.02. The Kier molecular flexibility index (Phi) is 23.5. The molecule has 0 heterocycles. The van der Waals surface area contributed by atoms with Crippen molar-refractivity contribution < 1.29 is 114 Å². The molecule has 0 radical (unpaired) electrons. The van der Waals surface area contributed by atoms with Crippen molar-refractivity contribution in [2.75, 3.05) is 0 Å². The van der Waals surface area contributed by atoms with Gasteiger partial charge in [-0.15, -0.1) is 0 Å². The molecule has 1 atom stereocenters. The summed E-state index contributed by atoms with van der Waals surface area (Å²) in [6.45, 7) is 0. The summed E-state index contributed by atoms with van der Waals surface area (Å²) >= 11 is -18.1. The Balaban J connectivity index is -0.0000000400. The first-order valence-corrected chi connectivity index (χ1v) is 11.8. The monoisotopic (exact) mass is 704 g/mol. The molecule has 0 N–H and O–H groups in total. The van der Waals surface area contributed by atoms with Crippen molar-refractivity contribution in [3.8, 4) is 0 Å². The van der Waals surface area contributed by atoms with Gasteiger partial charge in [-0.05, 0) is 0 Å². The van der Waals surface area contributed by atoms with Crippen LogP contribution in [0.3, 0.4) is 0 Å². The van der Waals surface area contributed by atoms with Crippen molar-refractivity contribution in [3.05, 3.63) is 0 Å². The topological polar surface area (TPSA) is 241 Å². The fourth-order valence-corrected chi connectivity index (χ4v) is 0. The molecule has 0 saturated carbocycles. The van der Waals surface area contributed by atoms with Crippen molar-refractivity contribution >= 4 is 9.90 Å². The van der Waals surface area contributed by atoms with E-state index in [4.69, 9.17) is 42.9 Å². The Morgan fingerprint density at radius 2 is 0.471 bits per heavy atom. The van der Waals surface area contributed by atoms with Crippen LogP contribution in [0.2, 0.25) is 0 Å². The molecule has 0 amide bonds. The van der Waals surface area contributed by atoms with Crippen LogP contribution in [-0.4, -0.2) is 0 Å². The summed E-state index contributed by atoms with van der Waals surface area (Å²) in [5.74, 6) is 0. The fraction of sp³-hybridized carbons (Fsp3) is 0. The van der Waals surface area contributed by atoms with Crippen molar-refractivity contribution in [1.29, 1.82) is 0 Å². The van der Waals surface area contributed by atoms with E-state index < -0.39 is 50.2 Å². The molecule has 12 nitrogen and oxygen atoms in total. The molecule has 17 heteroatoms. The number of hydrogen-bond acceptors (Lipinski definition) is 12. The van der Waals surface area contributed by atoms with E-state index in [-0.39, 0.29) is 31.0 Å². The zero-order valence-electron chi connectivity index (χ0n) is 7.24. The maximum Gasteiger partial charge on any atom is 0 e. The van der Waals surface area contributed by atoms with Gasteiger partial charge < -0.3 is 0 Å². The van der Waals surface area contributed by atoms with E-state index in [1.807, 2.05) is 0 Å². The minimum Gasteiger partial charge on any atom is 0 e. The van der Waals surface area contributed by atoms with Gasteiger partial charge in [-0.25, -0.2) is 0 Å². The SMILES string of the molecule is P.[O]=[Mo](=[O])([O-])[O-].[O]=[Mo](=[O])([O-])[O-].[O]=[Mo](=[O])([O-])[O-].[W]. The van der Waals surface area contributed by atoms with Gasteiger partial charge in [0.05, 0.1) is 0 Å². The van der Waals surface area contributed by atoms with Gasteiger partial charge in [0.2, 0.25) is 0 Å². The average molecular weight is 698 g/mol. The Morgan fingerprint density at radius 3 is 0.471 bits per heavy atom. The van der Waals surface area contributed by atoms with Crippen LogP contribution in [0.4, 0.5) is 0 Å². The zero-order valence-corrected chi connectivity index (χ0v) is 17.6. The molecule has 0 aromatic heterocycles. The first kappa shape index (κ1) is 31.2. The summed E-state index contributed by atoms with van der Waals surface area (Å²) in [4.78, 5) is 0. The Morgan fingerprint density at radius 1 is 0.471 bits per heavy atom. The van der Waals surface area contributed by atoms with Crippen molar-refractivity contribution in [2.45, 2.75) is 0 Å². The van der Waals surface area contributed by atoms with Crippen LogP contribution >= 0.6 is 9.90 Å². The molecule has 0 spiro atoms. The summed E-state index contributed by atoms with van der Waals surface area (Å²) in [6.07, 6.45) is 0. The molecule has 0 aromatic carbocycles. The van der Waals surface area contributed by atoms with Crippen molar-refractivity contribution in [2.24, 2.45) is 0 Å². The van der Waals surface area contributed by atoms with Crippen LogP contribution in [0.15, 0.2) is 0 Å². The number of hydrogen-bond donors (Lipinski definition) is 0. The summed E-state index contributed by atoms with van der Waals surface area (Å²) in [5, 5.41) is 0. The maximum absolute atomic E-state index is 8.63. The quantitative estimate of drug-likeness (QED) is 0.169. The molecular weight excluding hydrogens is 695 g/mol. The molecule has 0 aliphatic carbocycles. The summed E-state index contributed by atoms with van der Waals surface area (Å²) in [6, 6.07) is 0. The largest absolute Gasteiger partial charge is 0 e. The predicted molar refractivity (Wildman–Crippen MR) is 15.2 cm³/mol. The second-order valence-corrected chi connectivity index (χ2v) is 7.25. The van der Waals surface area contributed by atoms with Gasteiger partial charge in [0.15, 0.2) is 0 Å². The van der Waals surface area contributed by atoms with Crippen LogP contribution in [0.25, 0.3) is 0 Å². The zero-order chi connectivity index (χ0) is 13.5. The Labute approximate surface area is 123 Å². The molecule has 110 valence electrons. The van der Waals surface area contributed by atoms with Crippen molar-refractivity contribution in [3.63, 3.8) is 0 Å². The Bertz CT molecular complexity index is 343. The first-order valence-electron chi connectivity index (χ1n) is 2.00. The van der Waals surface area contributed by atoms with Crippen LogP contribution in [-0.2, 0) is 91.7 Å². The van der Waals surface area contributed by atoms with E-state index in [1.165, 1.54) is 0 Å². The molecule has 0 aliphatic heterocycles. The van der Waals surface area contributed by atoms with Gasteiger partial charge in [0.25, 0.3) is 0 Å². The molecule has 17 heavy (non-hydrogen) atoms.